The first kappa shape index (κ1) is 16.7. The zero-order valence-electron chi connectivity index (χ0n) is 14.3. The highest BCUT2D eigenvalue weighted by molar-refractivity contribution is 4.92. The van der Waals surface area contributed by atoms with Gasteiger partial charge in [0, 0.05) is 38.3 Å². The van der Waals surface area contributed by atoms with Crippen LogP contribution in [0.25, 0.3) is 0 Å². The highest BCUT2D eigenvalue weighted by atomic mass is 16.5. The van der Waals surface area contributed by atoms with Crippen LogP contribution in [0.5, 0.6) is 0 Å². The van der Waals surface area contributed by atoms with Crippen molar-refractivity contribution >= 4 is 0 Å². The highest BCUT2D eigenvalue weighted by Gasteiger charge is 2.36. The summed E-state index contributed by atoms with van der Waals surface area (Å²) in [6.45, 7) is 7.61. The van der Waals surface area contributed by atoms with E-state index in [9.17, 15) is 5.11 Å². The molecule has 0 aromatic rings. The van der Waals surface area contributed by atoms with E-state index in [0.29, 0.717) is 0 Å². The van der Waals surface area contributed by atoms with E-state index in [-0.39, 0.29) is 6.10 Å². The van der Waals surface area contributed by atoms with Crippen LogP contribution < -0.4 is 0 Å². The summed E-state index contributed by atoms with van der Waals surface area (Å²) in [6, 6.07) is 1.50. The fourth-order valence-corrected chi connectivity index (χ4v) is 4.27. The van der Waals surface area contributed by atoms with Gasteiger partial charge in [0.05, 0.1) is 19.3 Å². The second-order valence-corrected chi connectivity index (χ2v) is 7.58. The van der Waals surface area contributed by atoms with Gasteiger partial charge >= 0.3 is 0 Å². The molecule has 0 amide bonds. The summed E-state index contributed by atoms with van der Waals surface area (Å²) in [5.74, 6) is 0.954. The predicted octanol–water partition coefficient (Wildman–Crippen LogP) is 2.11. The van der Waals surface area contributed by atoms with E-state index in [1.54, 1.807) is 0 Å². The first-order valence-electron chi connectivity index (χ1n) is 9.50. The maximum atomic E-state index is 10.6. The second kappa shape index (κ2) is 8.09. The Balaban J connectivity index is 1.46. The zero-order chi connectivity index (χ0) is 15.4. The molecule has 1 atom stereocenters. The van der Waals surface area contributed by atoms with Crippen LogP contribution in [-0.2, 0) is 4.74 Å². The Bertz CT molecular complexity index is 321. The molecule has 1 N–H and O–H groups in total. The van der Waals surface area contributed by atoms with Crippen LogP contribution in [0.3, 0.4) is 0 Å². The van der Waals surface area contributed by atoms with E-state index in [4.69, 9.17) is 4.74 Å². The quantitative estimate of drug-likeness (QED) is 0.781. The summed E-state index contributed by atoms with van der Waals surface area (Å²) in [4.78, 5) is 5.02. The van der Waals surface area contributed by atoms with Crippen LogP contribution in [0.1, 0.15) is 51.9 Å². The van der Waals surface area contributed by atoms with Gasteiger partial charge in [-0.05, 0) is 44.4 Å². The summed E-state index contributed by atoms with van der Waals surface area (Å²) in [6.07, 6.45) is 9.31. The SMILES string of the molecule is CCC1CCC(N(CC(O)CN2CCOCC2)C2CC2)CC1. The largest absolute Gasteiger partial charge is 0.390 e. The molecule has 2 aliphatic carbocycles. The zero-order valence-corrected chi connectivity index (χ0v) is 14.3. The van der Waals surface area contributed by atoms with E-state index in [0.717, 1.165) is 57.4 Å². The number of ether oxygens (including phenoxy) is 1. The molecular formula is C18H34N2O2. The van der Waals surface area contributed by atoms with Gasteiger partial charge in [-0.1, -0.05) is 13.3 Å². The Morgan fingerprint density at radius 2 is 1.64 bits per heavy atom. The Morgan fingerprint density at radius 1 is 1.05 bits per heavy atom. The lowest BCUT2D eigenvalue weighted by molar-refractivity contribution is -0.00150. The lowest BCUT2D eigenvalue weighted by Crippen LogP contribution is -2.48. The number of hydrogen-bond acceptors (Lipinski definition) is 4. The van der Waals surface area contributed by atoms with Crippen molar-refractivity contribution < 1.29 is 9.84 Å². The Hall–Kier alpha value is -0.160. The van der Waals surface area contributed by atoms with Gasteiger partial charge < -0.3 is 9.84 Å². The standard InChI is InChI=1S/C18H34N2O2/c1-2-15-3-5-16(6-4-15)20(17-7-8-17)14-18(21)13-19-9-11-22-12-10-19/h15-18,21H,2-14H2,1H3. The molecule has 22 heavy (non-hydrogen) atoms. The van der Waals surface area contributed by atoms with Gasteiger partial charge in [-0.25, -0.2) is 0 Å². The summed E-state index contributed by atoms with van der Waals surface area (Å²) < 4.78 is 5.39. The number of nitrogens with zero attached hydrogens (tertiary/aromatic N) is 2. The van der Waals surface area contributed by atoms with E-state index < -0.39 is 0 Å². The minimum atomic E-state index is -0.206. The van der Waals surface area contributed by atoms with Gasteiger partial charge in [-0.15, -0.1) is 0 Å². The molecule has 3 aliphatic rings. The summed E-state index contributed by atoms with van der Waals surface area (Å²) >= 11 is 0. The van der Waals surface area contributed by atoms with Crippen molar-refractivity contribution in [2.75, 3.05) is 39.4 Å². The van der Waals surface area contributed by atoms with Crippen molar-refractivity contribution in [3.8, 4) is 0 Å². The third-order valence-corrected chi connectivity index (χ3v) is 5.87. The first-order chi connectivity index (χ1) is 10.8. The van der Waals surface area contributed by atoms with Crippen molar-refractivity contribution in [2.24, 2.45) is 5.92 Å². The normalized spacial score (nSPS) is 32.3. The molecule has 0 radical (unpaired) electrons. The Morgan fingerprint density at radius 3 is 2.18 bits per heavy atom. The number of rotatable bonds is 7. The molecule has 2 saturated carbocycles. The van der Waals surface area contributed by atoms with E-state index in [1.165, 1.54) is 44.9 Å². The lowest BCUT2D eigenvalue weighted by Gasteiger charge is -2.39. The fraction of sp³-hybridized carbons (Fsp3) is 1.00. The number of aliphatic hydroxyl groups is 1. The molecule has 4 nitrogen and oxygen atoms in total. The smallest absolute Gasteiger partial charge is 0.0794 e. The minimum Gasteiger partial charge on any atom is -0.390 e. The average Bonchev–Trinajstić information content (AvgIpc) is 3.38. The van der Waals surface area contributed by atoms with Crippen molar-refractivity contribution in [3.05, 3.63) is 0 Å². The van der Waals surface area contributed by atoms with Crippen LogP contribution >= 0.6 is 0 Å². The van der Waals surface area contributed by atoms with Crippen molar-refractivity contribution in [3.63, 3.8) is 0 Å². The highest BCUT2D eigenvalue weighted by Crippen LogP contribution is 2.36. The minimum absolute atomic E-state index is 0.206. The maximum Gasteiger partial charge on any atom is 0.0794 e. The van der Waals surface area contributed by atoms with E-state index >= 15 is 0 Å². The van der Waals surface area contributed by atoms with Gasteiger partial charge in [0.2, 0.25) is 0 Å². The monoisotopic (exact) mass is 310 g/mol. The van der Waals surface area contributed by atoms with E-state index in [1.807, 2.05) is 0 Å². The number of aliphatic hydroxyl groups excluding tert-OH is 1. The van der Waals surface area contributed by atoms with Gasteiger partial charge in [-0.3, -0.25) is 9.80 Å². The summed E-state index contributed by atoms with van der Waals surface area (Å²) in [5.41, 5.74) is 0. The van der Waals surface area contributed by atoms with Crippen LogP contribution in [0, 0.1) is 5.92 Å². The topological polar surface area (TPSA) is 35.9 Å². The summed E-state index contributed by atoms with van der Waals surface area (Å²) in [5, 5.41) is 10.6. The van der Waals surface area contributed by atoms with Gasteiger partial charge in [-0.2, -0.15) is 0 Å². The molecule has 3 rings (SSSR count). The molecule has 0 aromatic carbocycles. The maximum absolute atomic E-state index is 10.6. The second-order valence-electron chi connectivity index (χ2n) is 7.58. The molecule has 1 aliphatic heterocycles. The fourth-order valence-electron chi connectivity index (χ4n) is 4.27. The lowest BCUT2D eigenvalue weighted by atomic mass is 9.83. The van der Waals surface area contributed by atoms with Crippen molar-refractivity contribution in [1.29, 1.82) is 0 Å². The van der Waals surface area contributed by atoms with Gasteiger partial charge in [0.15, 0.2) is 0 Å². The molecule has 3 fully saturated rings. The number of β-amino-alcohol motifs (C(OH)–C–C–N with tert-alkyl or cyclic N) is 1. The molecule has 1 heterocycles. The molecule has 0 bridgehead atoms. The van der Waals surface area contributed by atoms with Crippen molar-refractivity contribution in [2.45, 2.75) is 70.1 Å². The molecule has 1 unspecified atom stereocenters. The number of hydrogen-bond donors (Lipinski definition) is 1. The molecule has 1 saturated heterocycles. The molecule has 0 aromatic heterocycles. The van der Waals surface area contributed by atoms with Gasteiger partial charge in [0.1, 0.15) is 0 Å². The molecule has 128 valence electrons. The van der Waals surface area contributed by atoms with Crippen LogP contribution in [0.4, 0.5) is 0 Å². The average molecular weight is 310 g/mol. The third kappa shape index (κ3) is 4.67. The number of morpholine rings is 1. The predicted molar refractivity (Wildman–Crippen MR) is 89.0 cm³/mol. The summed E-state index contributed by atoms with van der Waals surface area (Å²) in [7, 11) is 0. The third-order valence-electron chi connectivity index (χ3n) is 5.87. The Kier molecular flexibility index (Phi) is 6.14. The molecule has 4 heteroatoms. The first-order valence-corrected chi connectivity index (χ1v) is 9.50. The van der Waals surface area contributed by atoms with Crippen LogP contribution in [-0.4, -0.2) is 72.5 Å². The Labute approximate surface area is 135 Å². The van der Waals surface area contributed by atoms with E-state index in [2.05, 4.69) is 16.7 Å². The van der Waals surface area contributed by atoms with Crippen molar-refractivity contribution in [1.82, 2.24) is 9.80 Å². The molecule has 0 spiro atoms. The van der Waals surface area contributed by atoms with Crippen LogP contribution in [0.2, 0.25) is 0 Å². The van der Waals surface area contributed by atoms with Crippen LogP contribution in [0.15, 0.2) is 0 Å². The van der Waals surface area contributed by atoms with Gasteiger partial charge in [0.25, 0.3) is 0 Å². The molecular weight excluding hydrogens is 276 g/mol.